The van der Waals surface area contributed by atoms with E-state index in [0.717, 1.165) is 112 Å². The number of ketones is 6. The van der Waals surface area contributed by atoms with Gasteiger partial charge in [0.2, 0.25) is 35.5 Å². The zero-order valence-corrected chi connectivity index (χ0v) is 81.9. The van der Waals surface area contributed by atoms with Gasteiger partial charge < -0.3 is 29.5 Å². The number of aromatic nitrogens is 13. The Kier molecular flexibility index (Phi) is 42.8. The molecule has 13 heterocycles. The van der Waals surface area contributed by atoms with Crippen LogP contribution in [0, 0.1) is 0 Å². The normalized spacial score (nSPS) is 10.4. The van der Waals surface area contributed by atoms with Gasteiger partial charge in [-0.3, -0.25) is 73.2 Å². The number of halogens is 4. The SMILES string of the molecule is Brc1cccc(-c2cc(-c3ccc(-c4cc(-c5ccccn5)nc(-c5cccc(Br)n5)c4)cc3)cc(-c3ccccn3)n2)n1.CC(=O)c1ccccn1.O=C(/C=C/c1ccc(/C=C/C(=O)c2ccccn2)cc1)c1ccccn1.O=C(/C=C/c1ccc(/C=C/C(=O)c2ccccn2)cc1)c1ccccn1.O=C(C[n+]1ccccc1)c1cccc(Br)n1.O=Cc1ccc(C=O)cc1.[I-].[K+].[OH-]. The molecule has 0 aliphatic carbocycles. The second kappa shape index (κ2) is 55.3. The molecule has 0 bridgehead atoms. The van der Waals surface area contributed by atoms with Crippen LogP contribution in [0.3, 0.4) is 0 Å². The first-order valence-corrected chi connectivity index (χ1v) is 42.8. The predicted molar refractivity (Wildman–Crippen MR) is 521 cm³/mol. The predicted octanol–water partition coefficient (Wildman–Crippen LogP) is 16.6. The minimum atomic E-state index is -0.143. The van der Waals surface area contributed by atoms with Gasteiger partial charge in [-0.1, -0.05) is 188 Å². The second-order valence-electron chi connectivity index (χ2n) is 27.9. The van der Waals surface area contributed by atoms with Crippen LogP contribution < -0.4 is 79.9 Å². The van der Waals surface area contributed by atoms with E-state index in [1.54, 1.807) is 201 Å². The summed E-state index contributed by atoms with van der Waals surface area (Å²) in [5.41, 5.74) is 17.8. The van der Waals surface area contributed by atoms with E-state index in [1.165, 1.54) is 31.2 Å². The van der Waals surface area contributed by atoms with Gasteiger partial charge in [0.1, 0.15) is 60.5 Å². The van der Waals surface area contributed by atoms with Crippen LogP contribution in [-0.4, -0.2) is 113 Å². The average Bonchev–Trinajstić information content (AvgIpc) is 0.790. The van der Waals surface area contributed by atoms with Crippen molar-refractivity contribution in [2.75, 3.05) is 0 Å². The molecule has 0 saturated heterocycles. The summed E-state index contributed by atoms with van der Waals surface area (Å²) >= 11 is 10.2. The van der Waals surface area contributed by atoms with Crippen molar-refractivity contribution in [1.29, 1.82) is 0 Å². The third kappa shape index (κ3) is 33.3. The molecule has 0 fully saturated rings. The van der Waals surface area contributed by atoms with E-state index in [9.17, 15) is 38.4 Å². The Morgan fingerprint density at radius 2 is 0.552 bits per heavy atom. The molecule has 0 aliphatic rings. The maximum Gasteiger partial charge on any atom is 1.00 e. The Bertz CT molecular complexity index is 6370. The van der Waals surface area contributed by atoms with E-state index in [4.69, 9.17) is 9.97 Å². The zero-order valence-electron chi connectivity index (χ0n) is 71.8. The average molecular weight is 2100 g/mol. The summed E-state index contributed by atoms with van der Waals surface area (Å²) in [6, 6.07) is 98.8. The first-order chi connectivity index (χ1) is 63.9. The molecule has 22 nitrogen and oxygen atoms in total. The molecule has 0 spiro atoms. The maximum atomic E-state index is 12.0. The van der Waals surface area contributed by atoms with Crippen molar-refractivity contribution in [2.45, 2.75) is 13.5 Å². The summed E-state index contributed by atoms with van der Waals surface area (Å²) in [7, 11) is 0. The summed E-state index contributed by atoms with van der Waals surface area (Å²) in [5, 5.41) is 0. The number of benzene rings is 4. The third-order valence-electron chi connectivity index (χ3n) is 18.6. The molecule has 4 aromatic carbocycles. The van der Waals surface area contributed by atoms with Crippen LogP contribution in [0.1, 0.15) is 113 Å². The van der Waals surface area contributed by atoms with Gasteiger partial charge in [0.05, 0.1) is 45.6 Å². The Hall–Kier alpha value is -14.1. The van der Waals surface area contributed by atoms with Crippen LogP contribution in [0.4, 0.5) is 0 Å². The number of hydrogen-bond donors (Lipinski definition) is 0. The molecule has 134 heavy (non-hydrogen) atoms. The molecule has 0 amide bonds. The van der Waals surface area contributed by atoms with Crippen LogP contribution in [0.5, 0.6) is 0 Å². The maximum absolute atomic E-state index is 12.0. The summed E-state index contributed by atoms with van der Waals surface area (Å²) < 4.78 is 4.01. The quantitative estimate of drug-likeness (QED) is 0.0103. The van der Waals surface area contributed by atoms with Crippen LogP contribution in [-0.2, 0) is 6.54 Å². The molecule has 17 aromatic rings. The van der Waals surface area contributed by atoms with E-state index in [-0.39, 0.29) is 116 Å². The molecule has 13 aromatic heterocycles. The van der Waals surface area contributed by atoms with Gasteiger partial charge in [0, 0.05) is 73.6 Å². The van der Waals surface area contributed by atoms with Crippen LogP contribution in [0.15, 0.2) is 415 Å². The molecular formula is C107H78Br3IKN13O9. The van der Waals surface area contributed by atoms with Crippen molar-refractivity contribution in [2.24, 2.45) is 0 Å². The smallest absolute Gasteiger partial charge is 1.00 e. The summed E-state index contributed by atoms with van der Waals surface area (Å²) in [4.78, 5) is 143. The summed E-state index contributed by atoms with van der Waals surface area (Å²) in [6.45, 7) is 1.81. The van der Waals surface area contributed by atoms with Crippen molar-refractivity contribution >= 4 is 119 Å². The molecule has 0 atom stereocenters. The van der Waals surface area contributed by atoms with Crippen molar-refractivity contribution in [3.05, 3.63) is 483 Å². The largest absolute Gasteiger partial charge is 1.00 e. The van der Waals surface area contributed by atoms with Gasteiger partial charge in [-0.2, -0.15) is 4.57 Å². The minimum Gasteiger partial charge on any atom is -1.00 e. The first-order valence-electron chi connectivity index (χ1n) is 40.5. The molecule has 654 valence electrons. The van der Waals surface area contributed by atoms with E-state index in [2.05, 4.69) is 146 Å². The number of hydrogen-bond acceptors (Lipinski definition) is 21. The Balaban J connectivity index is 0.000000195. The van der Waals surface area contributed by atoms with Crippen molar-refractivity contribution in [3.8, 4) is 67.8 Å². The monoisotopic (exact) mass is 2090 g/mol. The number of rotatable bonds is 24. The zero-order chi connectivity index (χ0) is 91.7. The van der Waals surface area contributed by atoms with E-state index < -0.39 is 0 Å². The molecule has 1 N–H and O–H groups in total. The minimum absolute atomic E-state index is 0. The third-order valence-corrected chi connectivity index (χ3v) is 19.9. The van der Waals surface area contributed by atoms with Crippen molar-refractivity contribution in [3.63, 3.8) is 0 Å². The molecule has 0 unspecified atom stereocenters. The molecule has 0 saturated carbocycles. The van der Waals surface area contributed by atoms with Gasteiger partial charge in [-0.15, -0.1) is 0 Å². The number of Topliss-reactive ketones (excluding diaryl/α,β-unsaturated/α-hetero) is 2. The molecule has 0 radical (unpaired) electrons. The number of carbonyl (C=O) groups excluding carboxylic acids is 8. The summed E-state index contributed by atoms with van der Waals surface area (Å²) in [6.07, 6.45) is 29.7. The first kappa shape index (κ1) is 104. The summed E-state index contributed by atoms with van der Waals surface area (Å²) in [5.74, 6) is -0.565. The standard InChI is InChI=1S/C36H22Br2N6.2C22H16N2O2.C12H10BrN2O.C8H6O2.C7H7NO.HI.K.H2O/c37-35-11-5-9-29(43-35)33-21-25(19-31(41-33)27-7-1-3-17-39-27)23-13-15-24(16-14-23)26-20-32(28-8-2-4-18-40-28)42-34(22-26)30-10-6-12-36(38)44-30;2*25-21(19-5-1-3-15-23-19)13-11-17-7-9-18(10-8-17)12-14-22(26)20-6-2-4-16-24-20;13-12-6-4-5-10(14-12)11(16)9-15-7-2-1-3-8-15;9-5-7-1-2-8(6-10)4-3-7;1-6(9)7-4-2-3-5-8-7;;;/h1-22H;2*1-16H;1-8H,9H2;1-6H;2-5H,1H3;1H;;1H2/q;;;+1;;;;+1;/p-2/b;2*13-11+,14-12+;;;;;;. The van der Waals surface area contributed by atoms with Crippen LogP contribution in [0.25, 0.3) is 92.1 Å². The Morgan fingerprint density at radius 3 is 0.828 bits per heavy atom. The fraction of sp³-hybridized carbons (Fsp3) is 0.0187. The van der Waals surface area contributed by atoms with Gasteiger partial charge >= 0.3 is 51.4 Å². The number of carbonyl (C=O) groups is 8. The number of pyridine rings is 13. The number of aldehydes is 2. The van der Waals surface area contributed by atoms with Crippen molar-refractivity contribution in [1.82, 2.24) is 59.8 Å². The number of nitrogens with zero attached hydrogens (tertiary/aromatic N) is 13. The van der Waals surface area contributed by atoms with Gasteiger partial charge in [-0.05, 0) is 262 Å². The number of allylic oxidation sites excluding steroid dienone is 4. The van der Waals surface area contributed by atoms with Gasteiger partial charge in [0.15, 0.2) is 18.2 Å². The second-order valence-corrected chi connectivity index (χ2v) is 30.4. The van der Waals surface area contributed by atoms with Gasteiger partial charge in [0.25, 0.3) is 0 Å². The topological polar surface area (TPSA) is 325 Å². The van der Waals surface area contributed by atoms with E-state index >= 15 is 0 Å². The fourth-order valence-corrected chi connectivity index (χ4v) is 13.0. The molecule has 27 heteroatoms. The fourth-order valence-electron chi connectivity index (χ4n) is 12.0. The molecule has 17 rings (SSSR count). The van der Waals surface area contributed by atoms with Crippen molar-refractivity contribution < 1.29 is 124 Å². The van der Waals surface area contributed by atoms with Gasteiger partial charge in [-0.25, -0.2) is 24.9 Å². The molecule has 0 aliphatic heterocycles. The van der Waals surface area contributed by atoms with Crippen LogP contribution in [0.2, 0.25) is 0 Å². The Labute approximate surface area is 858 Å². The van der Waals surface area contributed by atoms with E-state index in [1.807, 2.05) is 156 Å². The van der Waals surface area contributed by atoms with Crippen LogP contribution >= 0.6 is 47.8 Å². The molecular weight excluding hydrogens is 2020 g/mol. The Morgan fingerprint density at radius 1 is 0.276 bits per heavy atom. The van der Waals surface area contributed by atoms with E-state index in [0.29, 0.717) is 56.4 Å².